The maximum atomic E-state index is 12.3. The van der Waals surface area contributed by atoms with Crippen LogP contribution >= 0.6 is 11.6 Å². The molecule has 1 aromatic rings. The fourth-order valence-corrected chi connectivity index (χ4v) is 1.54. The van der Waals surface area contributed by atoms with Crippen LogP contribution in [-0.2, 0) is 6.61 Å². The molecule has 0 bridgehead atoms. The molecular formula is C10H12ClF3N2O2. The largest absolute Gasteiger partial charge is 0.405 e. The fourth-order valence-electron chi connectivity index (χ4n) is 1.37. The minimum atomic E-state index is -4.41. The minimum absolute atomic E-state index is 0.00910. The SMILES string of the molecule is OCCN(CC(F)(F)F)c1cc(CO)c(Cl)cn1. The molecule has 0 fully saturated rings. The molecule has 1 heterocycles. The number of aliphatic hydroxyl groups is 2. The second-order valence-electron chi connectivity index (χ2n) is 3.55. The van der Waals surface area contributed by atoms with E-state index in [-0.39, 0.29) is 22.9 Å². The molecule has 0 aliphatic heterocycles. The third-order valence-corrected chi connectivity index (χ3v) is 2.49. The Balaban J connectivity index is 2.98. The monoisotopic (exact) mass is 284 g/mol. The van der Waals surface area contributed by atoms with Gasteiger partial charge in [-0.25, -0.2) is 4.98 Å². The molecule has 4 nitrogen and oxygen atoms in total. The van der Waals surface area contributed by atoms with Gasteiger partial charge in [-0.2, -0.15) is 13.2 Å². The molecule has 1 rings (SSSR count). The molecule has 0 radical (unpaired) electrons. The van der Waals surface area contributed by atoms with Crippen molar-refractivity contribution in [2.75, 3.05) is 24.6 Å². The Kier molecular flexibility index (Phi) is 5.18. The Hall–Kier alpha value is -1.05. The summed E-state index contributed by atoms with van der Waals surface area (Å²) in [5.41, 5.74) is 0.284. The first-order valence-electron chi connectivity index (χ1n) is 5.05. The summed E-state index contributed by atoms with van der Waals surface area (Å²) in [6.45, 7) is -2.27. The van der Waals surface area contributed by atoms with E-state index in [1.54, 1.807) is 0 Å². The Bertz CT molecular complexity index is 401. The number of anilines is 1. The van der Waals surface area contributed by atoms with Crippen LogP contribution in [0.25, 0.3) is 0 Å². The van der Waals surface area contributed by atoms with Crippen molar-refractivity contribution in [2.24, 2.45) is 0 Å². The minimum Gasteiger partial charge on any atom is -0.395 e. The highest BCUT2D eigenvalue weighted by atomic mass is 35.5. The van der Waals surface area contributed by atoms with Crippen molar-refractivity contribution >= 4 is 17.4 Å². The van der Waals surface area contributed by atoms with E-state index >= 15 is 0 Å². The van der Waals surface area contributed by atoms with Crippen molar-refractivity contribution in [1.29, 1.82) is 0 Å². The number of aromatic nitrogens is 1. The van der Waals surface area contributed by atoms with Gasteiger partial charge in [0.05, 0.1) is 18.2 Å². The molecule has 18 heavy (non-hydrogen) atoms. The lowest BCUT2D eigenvalue weighted by atomic mass is 10.2. The number of pyridine rings is 1. The molecule has 0 saturated heterocycles. The second kappa shape index (κ2) is 6.21. The first-order valence-corrected chi connectivity index (χ1v) is 5.43. The molecule has 1 aromatic heterocycles. The molecule has 0 saturated carbocycles. The summed E-state index contributed by atoms with van der Waals surface area (Å²) >= 11 is 5.70. The Morgan fingerprint density at radius 2 is 2.00 bits per heavy atom. The number of nitrogens with zero attached hydrogens (tertiary/aromatic N) is 2. The van der Waals surface area contributed by atoms with E-state index in [0.29, 0.717) is 0 Å². The van der Waals surface area contributed by atoms with Crippen LogP contribution in [0, 0.1) is 0 Å². The summed E-state index contributed by atoms with van der Waals surface area (Å²) in [6.07, 6.45) is -3.24. The highest BCUT2D eigenvalue weighted by Gasteiger charge is 2.31. The van der Waals surface area contributed by atoms with Crippen LogP contribution < -0.4 is 4.90 Å². The van der Waals surface area contributed by atoms with E-state index in [9.17, 15) is 13.2 Å². The smallest absolute Gasteiger partial charge is 0.395 e. The van der Waals surface area contributed by atoms with Gasteiger partial charge in [-0.15, -0.1) is 0 Å². The van der Waals surface area contributed by atoms with Gasteiger partial charge in [-0.05, 0) is 6.07 Å². The van der Waals surface area contributed by atoms with Crippen molar-refractivity contribution in [3.8, 4) is 0 Å². The average molecular weight is 285 g/mol. The Morgan fingerprint density at radius 1 is 1.33 bits per heavy atom. The first kappa shape index (κ1) is 15.0. The number of rotatable bonds is 5. The van der Waals surface area contributed by atoms with Crippen molar-refractivity contribution in [3.05, 3.63) is 22.8 Å². The average Bonchev–Trinajstić information content (AvgIpc) is 2.27. The second-order valence-corrected chi connectivity index (χ2v) is 3.96. The maximum Gasteiger partial charge on any atom is 0.405 e. The molecule has 102 valence electrons. The Morgan fingerprint density at radius 3 is 2.50 bits per heavy atom. The fraction of sp³-hybridized carbons (Fsp3) is 0.500. The molecule has 0 unspecified atom stereocenters. The number of aliphatic hydroxyl groups excluding tert-OH is 2. The van der Waals surface area contributed by atoms with Crippen molar-refractivity contribution in [2.45, 2.75) is 12.8 Å². The number of alkyl halides is 3. The molecule has 0 amide bonds. The highest BCUT2D eigenvalue weighted by Crippen LogP contribution is 2.24. The van der Waals surface area contributed by atoms with Crippen LogP contribution in [0.2, 0.25) is 5.02 Å². The first-order chi connectivity index (χ1) is 8.37. The van der Waals surface area contributed by atoms with Gasteiger partial charge in [-0.1, -0.05) is 11.6 Å². The lowest BCUT2D eigenvalue weighted by Crippen LogP contribution is -2.36. The van der Waals surface area contributed by atoms with Gasteiger partial charge in [0.15, 0.2) is 0 Å². The molecule has 0 aliphatic carbocycles. The predicted molar refractivity (Wildman–Crippen MR) is 60.5 cm³/mol. The number of hydrogen-bond acceptors (Lipinski definition) is 4. The molecule has 0 aromatic carbocycles. The predicted octanol–water partition coefficient (Wildman–Crippen LogP) is 1.59. The summed E-state index contributed by atoms with van der Waals surface area (Å²) < 4.78 is 37.0. The summed E-state index contributed by atoms with van der Waals surface area (Å²) in [4.78, 5) is 4.63. The van der Waals surface area contributed by atoms with E-state index in [1.165, 1.54) is 12.3 Å². The van der Waals surface area contributed by atoms with Gasteiger partial charge >= 0.3 is 6.18 Å². The van der Waals surface area contributed by atoms with Gasteiger partial charge in [0.1, 0.15) is 12.4 Å². The van der Waals surface area contributed by atoms with Crippen LogP contribution in [0.1, 0.15) is 5.56 Å². The highest BCUT2D eigenvalue weighted by molar-refractivity contribution is 6.31. The van der Waals surface area contributed by atoms with E-state index in [4.69, 9.17) is 21.8 Å². The molecule has 2 N–H and O–H groups in total. The van der Waals surface area contributed by atoms with E-state index < -0.39 is 25.9 Å². The molecule has 0 aliphatic rings. The number of hydrogen-bond donors (Lipinski definition) is 2. The van der Waals surface area contributed by atoms with Gasteiger partial charge in [0.25, 0.3) is 0 Å². The van der Waals surface area contributed by atoms with Crippen molar-refractivity contribution in [3.63, 3.8) is 0 Å². The summed E-state index contributed by atoms with van der Waals surface area (Å²) in [5, 5.41) is 17.9. The lowest BCUT2D eigenvalue weighted by Gasteiger charge is -2.24. The van der Waals surface area contributed by atoms with Crippen LogP contribution in [0.5, 0.6) is 0 Å². The van der Waals surface area contributed by atoms with Crippen LogP contribution in [-0.4, -0.2) is 41.1 Å². The summed E-state index contributed by atoms with van der Waals surface area (Å²) in [6, 6.07) is 1.27. The quantitative estimate of drug-likeness (QED) is 0.862. The molecular weight excluding hydrogens is 273 g/mol. The van der Waals surface area contributed by atoms with Gasteiger partial charge < -0.3 is 15.1 Å². The topological polar surface area (TPSA) is 56.6 Å². The third-order valence-electron chi connectivity index (χ3n) is 2.15. The molecule has 0 atom stereocenters. The van der Waals surface area contributed by atoms with E-state index in [2.05, 4.69) is 4.98 Å². The Labute approximate surface area is 107 Å². The van der Waals surface area contributed by atoms with Gasteiger partial charge in [0.2, 0.25) is 0 Å². The summed E-state index contributed by atoms with van der Waals surface area (Å²) in [5.74, 6) is 0.00910. The standard InChI is InChI=1S/C10H12ClF3N2O2/c11-8-4-15-9(3-7(8)5-18)16(1-2-17)6-10(12,13)14/h3-4,17-18H,1-2,5-6H2. The zero-order chi connectivity index (χ0) is 13.8. The van der Waals surface area contributed by atoms with Gasteiger partial charge in [0, 0.05) is 18.3 Å². The van der Waals surface area contributed by atoms with E-state index in [1.807, 2.05) is 0 Å². The van der Waals surface area contributed by atoms with Crippen LogP contribution in [0.15, 0.2) is 12.3 Å². The normalized spacial score (nSPS) is 11.7. The maximum absolute atomic E-state index is 12.3. The molecule has 0 spiro atoms. The van der Waals surface area contributed by atoms with E-state index in [0.717, 1.165) is 4.90 Å². The number of halogens is 4. The van der Waals surface area contributed by atoms with Crippen LogP contribution in [0.4, 0.5) is 19.0 Å². The summed E-state index contributed by atoms with van der Waals surface area (Å²) in [7, 11) is 0. The zero-order valence-corrected chi connectivity index (χ0v) is 10.0. The zero-order valence-electron chi connectivity index (χ0n) is 9.28. The van der Waals surface area contributed by atoms with Crippen molar-refractivity contribution in [1.82, 2.24) is 4.98 Å². The lowest BCUT2D eigenvalue weighted by molar-refractivity contribution is -0.120. The van der Waals surface area contributed by atoms with Crippen molar-refractivity contribution < 1.29 is 23.4 Å². The van der Waals surface area contributed by atoms with Gasteiger partial charge in [-0.3, -0.25) is 0 Å². The third kappa shape index (κ3) is 4.32. The van der Waals surface area contributed by atoms with Crippen LogP contribution in [0.3, 0.4) is 0 Å². The molecule has 8 heteroatoms.